The summed E-state index contributed by atoms with van der Waals surface area (Å²) in [5.74, 6) is 0.816. The summed E-state index contributed by atoms with van der Waals surface area (Å²) in [6, 6.07) is 11.6. The van der Waals surface area contributed by atoms with Gasteiger partial charge in [-0.15, -0.1) is 21.5 Å². The molecule has 1 saturated heterocycles. The van der Waals surface area contributed by atoms with Crippen LogP contribution in [0.4, 0.5) is 11.4 Å². The second-order valence-electron chi connectivity index (χ2n) is 7.96. The number of ether oxygens (including phenoxy) is 1. The van der Waals surface area contributed by atoms with Crippen LogP contribution in [0.25, 0.3) is 20.9 Å². The van der Waals surface area contributed by atoms with Crippen molar-refractivity contribution >= 4 is 50.6 Å². The fourth-order valence-corrected chi connectivity index (χ4v) is 5.61. The van der Waals surface area contributed by atoms with E-state index in [1.165, 1.54) is 23.1 Å². The van der Waals surface area contributed by atoms with E-state index in [2.05, 4.69) is 20.5 Å². The maximum Gasteiger partial charge on any atom is 0.234 e. The average Bonchev–Trinajstić information content (AvgIpc) is 3.55. The minimum Gasteiger partial charge on any atom is -0.397 e. The third-order valence-electron chi connectivity index (χ3n) is 5.50. The van der Waals surface area contributed by atoms with Crippen LogP contribution in [0.3, 0.4) is 0 Å². The molecule has 1 amide bonds. The number of pyridine rings is 1. The first-order chi connectivity index (χ1) is 16.1. The largest absolute Gasteiger partial charge is 0.397 e. The minimum atomic E-state index is -0.0948. The van der Waals surface area contributed by atoms with Crippen LogP contribution in [0.2, 0.25) is 0 Å². The number of rotatable bonds is 7. The molecule has 1 fully saturated rings. The van der Waals surface area contributed by atoms with E-state index in [1.54, 1.807) is 6.20 Å². The van der Waals surface area contributed by atoms with Gasteiger partial charge in [-0.3, -0.25) is 9.36 Å². The van der Waals surface area contributed by atoms with Crippen molar-refractivity contribution in [2.24, 2.45) is 0 Å². The second-order valence-corrected chi connectivity index (χ2v) is 9.90. The Balaban J connectivity index is 1.39. The SMILES string of the molecule is Cc1ccc(NC(=O)CSc2nnc(-c3sc4ncccc4c3N)n2C[C@@H]2CCCO2)cc1. The highest BCUT2D eigenvalue weighted by molar-refractivity contribution is 7.99. The maximum absolute atomic E-state index is 12.5. The van der Waals surface area contributed by atoms with Crippen molar-refractivity contribution in [1.82, 2.24) is 19.7 Å². The van der Waals surface area contributed by atoms with Crippen LogP contribution in [0.1, 0.15) is 18.4 Å². The molecule has 1 aliphatic rings. The number of fused-ring (bicyclic) bond motifs is 1. The van der Waals surface area contributed by atoms with Gasteiger partial charge in [0.1, 0.15) is 4.83 Å². The number of aromatic nitrogens is 4. The number of nitrogens with one attached hydrogen (secondary N) is 1. The molecule has 8 nitrogen and oxygen atoms in total. The quantitative estimate of drug-likeness (QED) is 0.379. The number of nitrogens with zero attached hydrogens (tertiary/aromatic N) is 4. The van der Waals surface area contributed by atoms with E-state index in [1.807, 2.05) is 47.9 Å². The second kappa shape index (κ2) is 9.50. The smallest absolute Gasteiger partial charge is 0.234 e. The van der Waals surface area contributed by atoms with Gasteiger partial charge in [0.05, 0.1) is 29.0 Å². The van der Waals surface area contributed by atoms with Gasteiger partial charge >= 0.3 is 0 Å². The lowest BCUT2D eigenvalue weighted by Gasteiger charge is -2.14. The van der Waals surface area contributed by atoms with E-state index in [4.69, 9.17) is 10.5 Å². The zero-order valence-electron chi connectivity index (χ0n) is 18.2. The standard InChI is InChI=1S/C23H24N6O2S2/c1-14-6-8-15(9-7-14)26-18(30)13-32-23-28-27-21(29(23)12-16-4-3-11-31-16)20-19(24)17-5-2-10-25-22(17)33-20/h2,5-10,16H,3-4,11-13,24H2,1H3,(H,26,30)/t16-/m0/s1. The Morgan fingerprint density at radius 1 is 1.30 bits per heavy atom. The van der Waals surface area contributed by atoms with Crippen LogP contribution in [0.15, 0.2) is 47.8 Å². The van der Waals surface area contributed by atoms with Gasteiger partial charge in [0.15, 0.2) is 11.0 Å². The number of amides is 1. The molecule has 1 atom stereocenters. The monoisotopic (exact) mass is 480 g/mol. The van der Waals surface area contributed by atoms with Gasteiger partial charge in [0.25, 0.3) is 0 Å². The number of aryl methyl sites for hydroxylation is 1. The lowest BCUT2D eigenvalue weighted by molar-refractivity contribution is -0.113. The predicted octanol–water partition coefficient (Wildman–Crippen LogP) is 4.36. The molecule has 5 rings (SSSR count). The van der Waals surface area contributed by atoms with Crippen molar-refractivity contribution in [1.29, 1.82) is 0 Å². The number of hydrogen-bond donors (Lipinski definition) is 2. The highest BCUT2D eigenvalue weighted by Crippen LogP contribution is 2.40. The van der Waals surface area contributed by atoms with Crippen molar-refractivity contribution < 1.29 is 9.53 Å². The number of benzene rings is 1. The van der Waals surface area contributed by atoms with Gasteiger partial charge in [-0.1, -0.05) is 29.5 Å². The van der Waals surface area contributed by atoms with Crippen molar-refractivity contribution in [2.75, 3.05) is 23.4 Å². The fraction of sp³-hybridized carbons (Fsp3) is 0.304. The van der Waals surface area contributed by atoms with Gasteiger partial charge in [0.2, 0.25) is 5.91 Å². The Bertz CT molecular complexity index is 1280. The summed E-state index contributed by atoms with van der Waals surface area (Å²) in [4.78, 5) is 18.7. The van der Waals surface area contributed by atoms with E-state index < -0.39 is 0 Å². The third-order valence-corrected chi connectivity index (χ3v) is 7.59. The molecule has 0 radical (unpaired) electrons. The summed E-state index contributed by atoms with van der Waals surface area (Å²) in [6.45, 7) is 3.39. The Kier molecular flexibility index (Phi) is 6.30. The first kappa shape index (κ1) is 21.9. The molecular weight excluding hydrogens is 456 g/mol. The van der Waals surface area contributed by atoms with Crippen LogP contribution in [0, 0.1) is 6.92 Å². The summed E-state index contributed by atoms with van der Waals surface area (Å²) in [7, 11) is 0. The number of thioether (sulfide) groups is 1. The molecule has 0 unspecified atom stereocenters. The van der Waals surface area contributed by atoms with Crippen molar-refractivity contribution in [2.45, 2.75) is 37.6 Å². The molecule has 170 valence electrons. The predicted molar refractivity (Wildman–Crippen MR) is 133 cm³/mol. The van der Waals surface area contributed by atoms with E-state index >= 15 is 0 Å². The maximum atomic E-state index is 12.5. The number of anilines is 2. The van der Waals surface area contributed by atoms with Gasteiger partial charge in [-0.05, 0) is 44.0 Å². The highest BCUT2D eigenvalue weighted by atomic mass is 32.2. The Hall–Kier alpha value is -2.95. The van der Waals surface area contributed by atoms with Crippen LogP contribution in [-0.2, 0) is 16.1 Å². The Morgan fingerprint density at radius 3 is 2.91 bits per heavy atom. The molecule has 4 aromatic rings. The number of nitrogens with two attached hydrogens (primary N) is 1. The summed E-state index contributed by atoms with van der Waals surface area (Å²) in [5, 5.41) is 13.4. The molecular formula is C23H24N6O2S2. The first-order valence-electron chi connectivity index (χ1n) is 10.8. The van der Waals surface area contributed by atoms with E-state index in [-0.39, 0.29) is 17.8 Å². The van der Waals surface area contributed by atoms with Crippen molar-refractivity contribution in [3.63, 3.8) is 0 Å². The minimum absolute atomic E-state index is 0.0919. The number of carbonyl (C=O) groups is 1. The summed E-state index contributed by atoms with van der Waals surface area (Å²) >= 11 is 2.86. The molecule has 3 aromatic heterocycles. The molecule has 4 heterocycles. The topological polar surface area (TPSA) is 108 Å². The molecule has 0 saturated carbocycles. The molecule has 0 bridgehead atoms. The fourth-order valence-electron chi connectivity index (χ4n) is 3.80. The van der Waals surface area contributed by atoms with Crippen LogP contribution < -0.4 is 11.1 Å². The third kappa shape index (κ3) is 4.73. The molecule has 1 aliphatic heterocycles. The van der Waals surface area contributed by atoms with E-state index in [0.717, 1.165) is 45.8 Å². The number of carbonyl (C=O) groups excluding carboxylic acids is 1. The Morgan fingerprint density at radius 2 is 2.15 bits per heavy atom. The summed E-state index contributed by atoms with van der Waals surface area (Å²) < 4.78 is 7.90. The van der Waals surface area contributed by atoms with Crippen LogP contribution in [0.5, 0.6) is 0 Å². The van der Waals surface area contributed by atoms with Gasteiger partial charge in [0, 0.05) is 23.9 Å². The van der Waals surface area contributed by atoms with Gasteiger partial charge in [-0.25, -0.2) is 4.98 Å². The van der Waals surface area contributed by atoms with E-state index in [0.29, 0.717) is 23.2 Å². The lowest BCUT2D eigenvalue weighted by Crippen LogP contribution is -2.18. The molecule has 33 heavy (non-hydrogen) atoms. The van der Waals surface area contributed by atoms with Crippen LogP contribution in [-0.4, -0.2) is 44.1 Å². The first-order valence-corrected chi connectivity index (χ1v) is 12.6. The molecule has 0 aliphatic carbocycles. The zero-order valence-corrected chi connectivity index (χ0v) is 19.8. The normalized spacial score (nSPS) is 15.8. The highest BCUT2D eigenvalue weighted by Gasteiger charge is 2.25. The van der Waals surface area contributed by atoms with Crippen LogP contribution >= 0.6 is 23.1 Å². The molecule has 3 N–H and O–H groups in total. The van der Waals surface area contributed by atoms with E-state index in [9.17, 15) is 4.79 Å². The zero-order chi connectivity index (χ0) is 22.8. The molecule has 0 spiro atoms. The van der Waals surface area contributed by atoms with Gasteiger partial charge < -0.3 is 15.8 Å². The Labute approximate surface area is 199 Å². The molecule has 1 aromatic carbocycles. The number of nitrogen functional groups attached to an aromatic ring is 1. The summed E-state index contributed by atoms with van der Waals surface area (Å²) in [6.07, 6.45) is 3.87. The van der Waals surface area contributed by atoms with Crippen molar-refractivity contribution in [3.8, 4) is 10.7 Å². The lowest BCUT2D eigenvalue weighted by atomic mass is 10.2. The van der Waals surface area contributed by atoms with Crippen molar-refractivity contribution in [3.05, 3.63) is 48.2 Å². The number of hydrogen-bond acceptors (Lipinski definition) is 8. The van der Waals surface area contributed by atoms with Gasteiger partial charge in [-0.2, -0.15) is 0 Å². The molecule has 10 heteroatoms. The number of thiophene rings is 1. The summed E-state index contributed by atoms with van der Waals surface area (Å²) in [5.41, 5.74) is 9.04. The average molecular weight is 481 g/mol.